The smallest absolute Gasteiger partial charge is 0.239 e. The molecule has 2 saturated heterocycles. The van der Waals surface area contributed by atoms with Crippen molar-refractivity contribution in [3.63, 3.8) is 0 Å². The van der Waals surface area contributed by atoms with Crippen molar-refractivity contribution in [1.29, 1.82) is 0 Å². The zero-order valence-corrected chi connectivity index (χ0v) is 18.9. The van der Waals surface area contributed by atoms with E-state index in [1.807, 2.05) is 4.90 Å². The SMILES string of the molecule is Cl.Cl.NCC(=O)NC1CN[C@H](C(=O)N2CCC(Oc3cc(Cl)cc(Cl)c3)CC2)C1. The van der Waals surface area contributed by atoms with Crippen LogP contribution in [-0.2, 0) is 9.59 Å². The van der Waals surface area contributed by atoms with Crippen LogP contribution in [0.4, 0.5) is 0 Å². The number of likely N-dealkylation sites (tertiary alicyclic amines) is 1. The topological polar surface area (TPSA) is 96.7 Å². The average Bonchev–Trinajstić information content (AvgIpc) is 3.09. The molecule has 2 aliphatic rings. The fraction of sp³-hybridized carbons (Fsp3) is 0.556. The zero-order chi connectivity index (χ0) is 19.4. The highest BCUT2D eigenvalue weighted by molar-refractivity contribution is 6.34. The van der Waals surface area contributed by atoms with Gasteiger partial charge in [-0.3, -0.25) is 9.59 Å². The van der Waals surface area contributed by atoms with Crippen molar-refractivity contribution in [3.8, 4) is 5.75 Å². The third kappa shape index (κ3) is 7.35. The van der Waals surface area contributed by atoms with E-state index in [9.17, 15) is 9.59 Å². The Hall–Kier alpha value is -0.960. The summed E-state index contributed by atoms with van der Waals surface area (Å²) in [4.78, 5) is 25.9. The Labute approximate surface area is 192 Å². The van der Waals surface area contributed by atoms with Crippen molar-refractivity contribution in [1.82, 2.24) is 15.5 Å². The number of ether oxygens (including phenoxy) is 1. The number of benzene rings is 1. The van der Waals surface area contributed by atoms with Crippen LogP contribution >= 0.6 is 48.0 Å². The predicted octanol–water partition coefficient (Wildman–Crippen LogP) is 2.01. The molecule has 2 atom stereocenters. The minimum Gasteiger partial charge on any atom is -0.490 e. The third-order valence-electron chi connectivity index (χ3n) is 4.87. The second kappa shape index (κ2) is 12.0. The number of carbonyl (C=O) groups is 2. The normalized spacial score (nSPS) is 21.7. The Morgan fingerprint density at radius 1 is 1.17 bits per heavy atom. The first-order valence-electron chi connectivity index (χ1n) is 9.09. The highest BCUT2D eigenvalue weighted by atomic mass is 35.5. The lowest BCUT2D eigenvalue weighted by atomic mass is 10.1. The molecule has 0 saturated carbocycles. The Kier molecular flexibility index (Phi) is 10.8. The van der Waals surface area contributed by atoms with Gasteiger partial charge in [0.1, 0.15) is 11.9 Å². The number of amides is 2. The Balaban J connectivity index is 0.00000210. The van der Waals surface area contributed by atoms with Crippen molar-refractivity contribution in [2.45, 2.75) is 37.5 Å². The number of hydrogen-bond donors (Lipinski definition) is 3. The lowest BCUT2D eigenvalue weighted by Crippen LogP contribution is -2.48. The molecule has 4 N–H and O–H groups in total. The summed E-state index contributed by atoms with van der Waals surface area (Å²) in [5.74, 6) is 0.519. The van der Waals surface area contributed by atoms with Gasteiger partial charge in [0.25, 0.3) is 0 Å². The first-order chi connectivity index (χ1) is 12.9. The Morgan fingerprint density at radius 3 is 2.38 bits per heavy atom. The second-order valence-corrected chi connectivity index (χ2v) is 7.79. The molecule has 0 bridgehead atoms. The van der Waals surface area contributed by atoms with Crippen molar-refractivity contribution in [2.75, 3.05) is 26.2 Å². The van der Waals surface area contributed by atoms with Crippen molar-refractivity contribution < 1.29 is 14.3 Å². The van der Waals surface area contributed by atoms with Gasteiger partial charge in [-0.05, 0) is 24.6 Å². The summed E-state index contributed by atoms with van der Waals surface area (Å²) in [6.45, 7) is 1.81. The number of halogens is 4. The largest absolute Gasteiger partial charge is 0.490 e. The van der Waals surface area contributed by atoms with Crippen LogP contribution < -0.4 is 21.1 Å². The minimum atomic E-state index is -0.266. The lowest BCUT2D eigenvalue weighted by molar-refractivity contribution is -0.135. The van der Waals surface area contributed by atoms with Crippen LogP contribution in [0.15, 0.2) is 18.2 Å². The molecule has 29 heavy (non-hydrogen) atoms. The summed E-state index contributed by atoms with van der Waals surface area (Å²) < 4.78 is 5.96. The molecule has 2 fully saturated rings. The van der Waals surface area contributed by atoms with E-state index in [1.54, 1.807) is 18.2 Å². The summed E-state index contributed by atoms with van der Waals surface area (Å²) in [5, 5.41) is 7.08. The van der Waals surface area contributed by atoms with E-state index in [0.29, 0.717) is 41.8 Å². The van der Waals surface area contributed by atoms with Gasteiger partial charge in [0.15, 0.2) is 0 Å². The maximum atomic E-state index is 12.7. The van der Waals surface area contributed by atoms with Crippen LogP contribution in [0.2, 0.25) is 10.0 Å². The highest BCUT2D eigenvalue weighted by Gasteiger charge is 2.34. The van der Waals surface area contributed by atoms with Crippen LogP contribution in [0, 0.1) is 0 Å². The number of hydrogen-bond acceptors (Lipinski definition) is 5. The summed E-state index contributed by atoms with van der Waals surface area (Å²) in [5.41, 5.74) is 5.31. The molecule has 164 valence electrons. The average molecular weight is 488 g/mol. The molecule has 1 aromatic carbocycles. The monoisotopic (exact) mass is 486 g/mol. The molecule has 1 aromatic rings. The molecule has 2 amide bonds. The Bertz CT molecular complexity index is 681. The van der Waals surface area contributed by atoms with Crippen LogP contribution in [0.1, 0.15) is 19.3 Å². The van der Waals surface area contributed by atoms with E-state index in [0.717, 1.165) is 12.8 Å². The van der Waals surface area contributed by atoms with Gasteiger partial charge < -0.3 is 26.0 Å². The molecular formula is C18H26Cl4N4O3. The lowest BCUT2D eigenvalue weighted by Gasteiger charge is -2.33. The molecule has 2 heterocycles. The molecule has 2 aliphatic heterocycles. The fourth-order valence-electron chi connectivity index (χ4n) is 3.52. The van der Waals surface area contributed by atoms with Crippen LogP contribution in [0.25, 0.3) is 0 Å². The molecule has 7 nitrogen and oxygen atoms in total. The van der Waals surface area contributed by atoms with Crippen molar-refractivity contribution >= 4 is 59.8 Å². The Morgan fingerprint density at radius 2 is 1.79 bits per heavy atom. The van der Waals surface area contributed by atoms with Gasteiger partial charge in [0, 0.05) is 48.6 Å². The van der Waals surface area contributed by atoms with Gasteiger partial charge in [-0.15, -0.1) is 24.8 Å². The third-order valence-corrected chi connectivity index (χ3v) is 5.31. The summed E-state index contributed by atoms with van der Waals surface area (Å²) in [7, 11) is 0. The molecular weight excluding hydrogens is 462 g/mol. The second-order valence-electron chi connectivity index (χ2n) is 6.91. The first-order valence-corrected chi connectivity index (χ1v) is 9.84. The number of nitrogens with one attached hydrogen (secondary N) is 2. The molecule has 3 rings (SSSR count). The van der Waals surface area contributed by atoms with E-state index in [2.05, 4.69) is 10.6 Å². The summed E-state index contributed by atoms with van der Waals surface area (Å²) >= 11 is 12.0. The number of nitrogens with zero attached hydrogens (tertiary/aromatic N) is 1. The highest BCUT2D eigenvalue weighted by Crippen LogP contribution is 2.27. The van der Waals surface area contributed by atoms with Gasteiger partial charge in [0.05, 0.1) is 12.6 Å². The number of rotatable bonds is 5. The fourth-order valence-corrected chi connectivity index (χ4v) is 4.03. The van der Waals surface area contributed by atoms with Gasteiger partial charge in [-0.2, -0.15) is 0 Å². The van der Waals surface area contributed by atoms with E-state index in [-0.39, 0.29) is 61.4 Å². The number of carbonyl (C=O) groups excluding carboxylic acids is 2. The van der Waals surface area contributed by atoms with Crippen LogP contribution in [0.3, 0.4) is 0 Å². The van der Waals surface area contributed by atoms with Crippen LogP contribution in [-0.4, -0.2) is 61.1 Å². The first kappa shape index (κ1) is 26.1. The zero-order valence-electron chi connectivity index (χ0n) is 15.7. The molecule has 0 spiro atoms. The van der Waals surface area contributed by atoms with Crippen molar-refractivity contribution in [2.24, 2.45) is 5.73 Å². The predicted molar refractivity (Wildman–Crippen MR) is 119 cm³/mol. The number of nitrogens with two attached hydrogens (primary N) is 1. The van der Waals surface area contributed by atoms with Gasteiger partial charge in [-0.25, -0.2) is 0 Å². The van der Waals surface area contributed by atoms with E-state index < -0.39 is 0 Å². The van der Waals surface area contributed by atoms with Gasteiger partial charge >= 0.3 is 0 Å². The maximum Gasteiger partial charge on any atom is 0.239 e. The molecule has 1 unspecified atom stereocenters. The molecule has 0 aromatic heterocycles. The van der Waals surface area contributed by atoms with E-state index in [1.165, 1.54) is 0 Å². The quantitative estimate of drug-likeness (QED) is 0.590. The summed E-state index contributed by atoms with van der Waals surface area (Å²) in [6.07, 6.45) is 2.10. The maximum absolute atomic E-state index is 12.7. The van der Waals surface area contributed by atoms with Gasteiger partial charge in [0.2, 0.25) is 11.8 Å². The van der Waals surface area contributed by atoms with E-state index >= 15 is 0 Å². The molecule has 11 heteroatoms. The number of piperidine rings is 1. The standard InChI is InChI=1S/C18H24Cl2N4O3.2ClH/c19-11-5-12(20)7-15(6-11)27-14-1-3-24(4-2-14)18(26)16-8-13(10-22-16)23-17(25)9-21;;/h5-7,13-14,16,22H,1-4,8-10,21H2,(H,23,25);2*1H/t13?,16-;;/m0../s1. The van der Waals surface area contributed by atoms with E-state index in [4.69, 9.17) is 33.7 Å². The van der Waals surface area contributed by atoms with Crippen molar-refractivity contribution in [3.05, 3.63) is 28.2 Å². The van der Waals surface area contributed by atoms with Gasteiger partial charge in [-0.1, -0.05) is 23.2 Å². The summed E-state index contributed by atoms with van der Waals surface area (Å²) in [6, 6.07) is 4.82. The van der Waals surface area contributed by atoms with Crippen LogP contribution in [0.5, 0.6) is 5.75 Å². The molecule has 0 radical (unpaired) electrons. The molecule has 0 aliphatic carbocycles. The minimum absolute atomic E-state index is 0.